The molecular weight excluding hydrogens is 448 g/mol. The van der Waals surface area contributed by atoms with Gasteiger partial charge in [0.2, 0.25) is 0 Å². The maximum atomic E-state index is 13.7. The monoisotopic (exact) mass is 470 g/mol. The fourth-order valence-electron chi connectivity index (χ4n) is 4.01. The number of Topliss-reactive ketones (excluding diaryl/α,β-unsaturated/α-hetero) is 2. The van der Waals surface area contributed by atoms with Crippen LogP contribution in [0, 0.1) is 28.1 Å². The van der Waals surface area contributed by atoms with Gasteiger partial charge >= 0.3 is 11.9 Å². The average molecular weight is 470 g/mol. The Balaban J connectivity index is 2.10. The minimum absolute atomic E-state index is 0.00679. The zero-order valence-electron chi connectivity index (χ0n) is 19.3. The number of ketones is 2. The van der Waals surface area contributed by atoms with E-state index in [4.69, 9.17) is 20.0 Å². The van der Waals surface area contributed by atoms with E-state index in [0.717, 1.165) is 0 Å². The van der Waals surface area contributed by atoms with Gasteiger partial charge in [0.05, 0.1) is 36.5 Å². The quantitative estimate of drug-likeness (QED) is 0.247. The fraction of sp³-hybridized carbons (Fsp3) is 0.259. The van der Waals surface area contributed by atoms with Crippen molar-refractivity contribution in [3.05, 3.63) is 76.4 Å². The average Bonchev–Trinajstić information content (AvgIpc) is 3.17. The Morgan fingerprint density at radius 2 is 1.43 bits per heavy atom. The first-order valence-corrected chi connectivity index (χ1v) is 11.0. The Labute approximate surface area is 202 Å². The minimum atomic E-state index is -1.95. The molecule has 0 radical (unpaired) electrons. The van der Waals surface area contributed by atoms with Crippen molar-refractivity contribution in [1.82, 2.24) is 0 Å². The van der Waals surface area contributed by atoms with Crippen molar-refractivity contribution < 1.29 is 28.7 Å². The SMILES string of the molecule is CCOC(=O)C1=C(c2ccc(C#N)cc2)CC(CC(=O)c2ccc(C#N)cc2)(C(=O)OCC)C1=O. The van der Waals surface area contributed by atoms with E-state index in [1.54, 1.807) is 26.0 Å². The van der Waals surface area contributed by atoms with Crippen LogP contribution in [0.25, 0.3) is 5.57 Å². The fourth-order valence-corrected chi connectivity index (χ4v) is 4.01. The number of hydrogen-bond donors (Lipinski definition) is 0. The van der Waals surface area contributed by atoms with Crippen LogP contribution >= 0.6 is 0 Å². The van der Waals surface area contributed by atoms with Gasteiger partial charge in [-0.2, -0.15) is 10.5 Å². The number of carbonyl (C=O) groups is 4. The van der Waals surface area contributed by atoms with Crippen LogP contribution in [0.4, 0.5) is 0 Å². The third kappa shape index (κ3) is 4.87. The van der Waals surface area contributed by atoms with Gasteiger partial charge in [0.15, 0.2) is 11.6 Å². The molecule has 8 nitrogen and oxygen atoms in total. The lowest BCUT2D eigenvalue weighted by Crippen LogP contribution is -2.41. The van der Waals surface area contributed by atoms with Gasteiger partial charge in [0.25, 0.3) is 0 Å². The molecule has 176 valence electrons. The number of rotatable bonds is 8. The number of nitrogens with zero attached hydrogens (tertiary/aromatic N) is 2. The molecule has 1 aliphatic rings. The van der Waals surface area contributed by atoms with Crippen molar-refractivity contribution in [1.29, 1.82) is 10.5 Å². The lowest BCUT2D eigenvalue weighted by molar-refractivity contribution is -0.158. The van der Waals surface area contributed by atoms with Gasteiger partial charge in [-0.1, -0.05) is 24.3 Å². The highest BCUT2D eigenvalue weighted by atomic mass is 16.5. The Morgan fingerprint density at radius 3 is 1.94 bits per heavy atom. The summed E-state index contributed by atoms with van der Waals surface area (Å²) in [5.41, 5.74) is -0.609. The molecule has 2 aromatic carbocycles. The third-order valence-corrected chi connectivity index (χ3v) is 5.75. The van der Waals surface area contributed by atoms with E-state index in [1.807, 2.05) is 12.1 Å². The van der Waals surface area contributed by atoms with E-state index in [-0.39, 0.29) is 36.3 Å². The Morgan fingerprint density at radius 1 is 0.886 bits per heavy atom. The zero-order valence-corrected chi connectivity index (χ0v) is 19.3. The van der Waals surface area contributed by atoms with Gasteiger partial charge in [-0.25, -0.2) is 4.79 Å². The summed E-state index contributed by atoms with van der Waals surface area (Å²) in [4.78, 5) is 52.9. The first-order chi connectivity index (χ1) is 16.8. The topological polar surface area (TPSA) is 134 Å². The van der Waals surface area contributed by atoms with Crippen LogP contribution in [0.2, 0.25) is 0 Å². The van der Waals surface area contributed by atoms with E-state index in [0.29, 0.717) is 16.7 Å². The van der Waals surface area contributed by atoms with Crippen LogP contribution in [-0.4, -0.2) is 36.7 Å². The van der Waals surface area contributed by atoms with Gasteiger partial charge in [-0.3, -0.25) is 14.4 Å². The van der Waals surface area contributed by atoms with Crippen molar-refractivity contribution >= 4 is 29.1 Å². The summed E-state index contributed by atoms with van der Waals surface area (Å²) in [6.45, 7) is 3.15. The molecule has 0 bridgehead atoms. The molecule has 0 heterocycles. The minimum Gasteiger partial charge on any atom is -0.465 e. The molecule has 0 aliphatic heterocycles. The number of carbonyl (C=O) groups excluding carboxylic acids is 4. The molecule has 1 unspecified atom stereocenters. The Hall–Kier alpha value is -4.56. The van der Waals surface area contributed by atoms with E-state index in [2.05, 4.69) is 0 Å². The first kappa shape index (κ1) is 25.1. The lowest BCUT2D eigenvalue weighted by Gasteiger charge is -2.25. The molecule has 0 fully saturated rings. The Bertz CT molecular complexity index is 1290. The van der Waals surface area contributed by atoms with Crippen LogP contribution in [0.3, 0.4) is 0 Å². The second kappa shape index (κ2) is 10.6. The largest absolute Gasteiger partial charge is 0.465 e. The summed E-state index contributed by atoms with van der Waals surface area (Å²) in [6.07, 6.45) is -0.772. The molecule has 0 amide bonds. The van der Waals surface area contributed by atoms with E-state index in [1.165, 1.54) is 36.4 Å². The summed E-state index contributed by atoms with van der Waals surface area (Å²) in [5, 5.41) is 18.1. The van der Waals surface area contributed by atoms with Crippen molar-refractivity contribution in [3.63, 3.8) is 0 Å². The van der Waals surface area contributed by atoms with Gasteiger partial charge < -0.3 is 9.47 Å². The predicted octanol–water partition coefficient (Wildman–Crippen LogP) is 3.54. The van der Waals surface area contributed by atoms with Crippen molar-refractivity contribution in [2.45, 2.75) is 26.7 Å². The lowest BCUT2D eigenvalue weighted by atomic mass is 9.76. The summed E-state index contributed by atoms with van der Waals surface area (Å²) in [5.74, 6) is -3.15. The first-order valence-electron chi connectivity index (χ1n) is 11.0. The number of nitriles is 2. The molecule has 0 aromatic heterocycles. The molecule has 0 spiro atoms. The summed E-state index contributed by atoms with van der Waals surface area (Å²) >= 11 is 0. The number of hydrogen-bond acceptors (Lipinski definition) is 8. The van der Waals surface area contributed by atoms with Crippen molar-refractivity contribution in [3.8, 4) is 12.1 Å². The maximum absolute atomic E-state index is 13.7. The molecule has 0 saturated carbocycles. The molecule has 0 N–H and O–H groups in total. The molecule has 3 rings (SSSR count). The van der Waals surface area contributed by atoms with Gasteiger partial charge in [0.1, 0.15) is 11.0 Å². The van der Waals surface area contributed by atoms with Crippen LogP contribution < -0.4 is 0 Å². The molecule has 2 aromatic rings. The molecule has 1 aliphatic carbocycles. The zero-order chi connectivity index (χ0) is 25.6. The van der Waals surface area contributed by atoms with Crippen LogP contribution in [0.1, 0.15) is 53.7 Å². The predicted molar refractivity (Wildman–Crippen MR) is 124 cm³/mol. The van der Waals surface area contributed by atoms with Crippen LogP contribution in [0.5, 0.6) is 0 Å². The van der Waals surface area contributed by atoms with Gasteiger partial charge in [-0.05, 0) is 55.7 Å². The van der Waals surface area contributed by atoms with Crippen molar-refractivity contribution in [2.24, 2.45) is 5.41 Å². The van der Waals surface area contributed by atoms with Gasteiger partial charge in [-0.15, -0.1) is 0 Å². The Kier molecular flexibility index (Phi) is 7.58. The molecule has 1 atom stereocenters. The maximum Gasteiger partial charge on any atom is 0.342 e. The second-order valence-electron chi connectivity index (χ2n) is 7.86. The summed E-state index contributed by atoms with van der Waals surface area (Å²) in [6, 6.07) is 16.0. The van der Waals surface area contributed by atoms with E-state index >= 15 is 0 Å². The highest BCUT2D eigenvalue weighted by Gasteiger charge is 2.57. The second-order valence-corrected chi connectivity index (χ2v) is 7.86. The normalized spacial score (nSPS) is 16.9. The molecule has 8 heteroatoms. The summed E-state index contributed by atoms with van der Waals surface area (Å²) < 4.78 is 10.3. The molecule has 35 heavy (non-hydrogen) atoms. The van der Waals surface area contributed by atoms with E-state index in [9.17, 15) is 19.2 Å². The smallest absolute Gasteiger partial charge is 0.342 e. The van der Waals surface area contributed by atoms with Crippen LogP contribution in [-0.2, 0) is 23.9 Å². The molecular formula is C27H22N2O6. The standard InChI is InChI=1S/C27H22N2O6/c1-3-34-25(32)23-21(19-9-5-17(15-28)6-10-19)13-27(24(23)31,26(33)35-4-2)14-22(30)20-11-7-18(16-29)8-12-20/h5-12H,3-4,13-14H2,1-2H3. The number of ether oxygens (including phenoxy) is 2. The molecule has 0 saturated heterocycles. The number of allylic oxidation sites excluding steroid dienone is 1. The highest BCUT2D eigenvalue weighted by Crippen LogP contribution is 2.47. The van der Waals surface area contributed by atoms with Crippen LogP contribution in [0.15, 0.2) is 54.1 Å². The van der Waals surface area contributed by atoms with E-state index < -0.39 is 35.3 Å². The summed E-state index contributed by atoms with van der Waals surface area (Å²) in [7, 11) is 0. The highest BCUT2D eigenvalue weighted by molar-refractivity contribution is 6.33. The number of esters is 2. The van der Waals surface area contributed by atoms with Crippen molar-refractivity contribution in [2.75, 3.05) is 13.2 Å². The number of benzene rings is 2. The third-order valence-electron chi connectivity index (χ3n) is 5.75. The van der Waals surface area contributed by atoms with Gasteiger partial charge in [0, 0.05) is 12.0 Å².